The van der Waals surface area contributed by atoms with Gasteiger partial charge in [-0.3, -0.25) is 0 Å². The van der Waals surface area contributed by atoms with Gasteiger partial charge in [0, 0.05) is 18.6 Å². The lowest BCUT2D eigenvalue weighted by molar-refractivity contribution is -0.697. The van der Waals surface area contributed by atoms with Gasteiger partial charge in [0.25, 0.3) is 0 Å². The molecule has 31 heavy (non-hydrogen) atoms. The van der Waals surface area contributed by atoms with Gasteiger partial charge in [0.05, 0.1) is 0 Å². The Labute approximate surface area is 193 Å². The molecule has 0 aliphatic heterocycles. The van der Waals surface area contributed by atoms with Crippen molar-refractivity contribution in [3.63, 3.8) is 0 Å². The summed E-state index contributed by atoms with van der Waals surface area (Å²) in [5.74, 6) is 0. The van der Waals surface area contributed by atoms with E-state index >= 15 is 0 Å². The third-order valence-corrected chi connectivity index (χ3v) is 6.50. The lowest BCUT2D eigenvalue weighted by Crippen LogP contribution is -2.32. The smallest absolute Gasteiger partial charge is 0.169 e. The van der Waals surface area contributed by atoms with Crippen LogP contribution in [0.1, 0.15) is 114 Å². The Morgan fingerprint density at radius 3 is 1.48 bits per heavy atom. The number of aromatic nitrogens is 1. The number of hydrogen-bond acceptors (Lipinski definition) is 0. The maximum atomic E-state index is 2.33. The summed E-state index contributed by atoms with van der Waals surface area (Å²) in [7, 11) is 0. The second-order valence-corrected chi connectivity index (χ2v) is 9.38. The van der Waals surface area contributed by atoms with Crippen molar-refractivity contribution in [1.29, 1.82) is 0 Å². The van der Waals surface area contributed by atoms with Crippen LogP contribution in [-0.4, -0.2) is 0 Å². The van der Waals surface area contributed by atoms with Gasteiger partial charge in [0.1, 0.15) is 6.54 Å². The Morgan fingerprint density at radius 1 is 0.484 bits per heavy atom. The Balaban J connectivity index is 1.39. The average molecular weight is 423 g/mol. The monoisotopic (exact) mass is 422 g/mol. The topological polar surface area (TPSA) is 3.88 Å². The van der Waals surface area contributed by atoms with Gasteiger partial charge in [-0.1, -0.05) is 121 Å². The Bertz CT molecular complexity index is 631. The van der Waals surface area contributed by atoms with Crippen molar-refractivity contribution in [3.8, 4) is 0 Å². The Hall–Kier alpha value is -1.63. The molecule has 1 heteroatoms. The highest BCUT2D eigenvalue weighted by atomic mass is 14.9. The first-order chi connectivity index (χ1) is 15.4. The molecule has 0 spiro atoms. The summed E-state index contributed by atoms with van der Waals surface area (Å²) in [4.78, 5) is 0. The van der Waals surface area contributed by atoms with Crippen LogP contribution in [0.25, 0.3) is 0 Å². The molecular weight excluding hydrogens is 374 g/mol. The minimum Gasteiger partial charge on any atom is -0.205 e. The van der Waals surface area contributed by atoms with E-state index < -0.39 is 0 Å². The molecular formula is C30H48N+. The molecule has 0 radical (unpaired) electrons. The van der Waals surface area contributed by atoms with Gasteiger partial charge in [0.15, 0.2) is 12.4 Å². The number of nitrogens with zero attached hydrogens (tertiary/aromatic N) is 1. The number of unbranched alkanes of at least 4 members (excludes halogenated alkanes) is 13. The summed E-state index contributed by atoms with van der Waals surface area (Å²) in [6.45, 7) is 3.40. The molecule has 1 nitrogen and oxygen atoms in total. The third kappa shape index (κ3) is 13.4. The van der Waals surface area contributed by atoms with Crippen molar-refractivity contribution in [2.45, 2.75) is 123 Å². The molecule has 0 fully saturated rings. The zero-order valence-corrected chi connectivity index (χ0v) is 20.4. The molecule has 0 unspecified atom stereocenters. The lowest BCUT2D eigenvalue weighted by Gasteiger charge is -2.04. The van der Waals surface area contributed by atoms with Gasteiger partial charge < -0.3 is 0 Å². The van der Waals surface area contributed by atoms with Crippen molar-refractivity contribution in [1.82, 2.24) is 0 Å². The summed E-state index contributed by atoms with van der Waals surface area (Å²) < 4.78 is 2.33. The van der Waals surface area contributed by atoms with Crippen LogP contribution in [0, 0.1) is 0 Å². The van der Waals surface area contributed by atoms with Crippen LogP contribution in [0.15, 0.2) is 54.9 Å². The molecule has 0 atom stereocenters. The van der Waals surface area contributed by atoms with Gasteiger partial charge >= 0.3 is 0 Å². The van der Waals surface area contributed by atoms with E-state index in [-0.39, 0.29) is 0 Å². The number of benzene rings is 1. The first kappa shape index (κ1) is 25.6. The molecule has 2 rings (SSSR count). The second kappa shape index (κ2) is 18.0. The van der Waals surface area contributed by atoms with Crippen molar-refractivity contribution < 1.29 is 4.57 Å². The fourth-order valence-electron chi connectivity index (χ4n) is 4.44. The standard InChI is InChI=1S/C30H48N/c1-2-3-4-5-6-7-8-9-10-11-12-13-14-16-22-30-24-27-31(28-25-30)26-19-23-29-20-17-15-18-21-29/h15,17-18,20-21,24-25,27-28H,2-14,16,19,22-23,26H2,1H3/q+1. The fourth-order valence-corrected chi connectivity index (χ4v) is 4.44. The summed E-state index contributed by atoms with van der Waals surface area (Å²) >= 11 is 0. The average Bonchev–Trinajstić information content (AvgIpc) is 2.81. The minimum absolute atomic E-state index is 1.11. The molecule has 1 aromatic heterocycles. The van der Waals surface area contributed by atoms with E-state index in [9.17, 15) is 0 Å². The van der Waals surface area contributed by atoms with Gasteiger partial charge in [-0.15, -0.1) is 0 Å². The van der Waals surface area contributed by atoms with Crippen LogP contribution in [0.4, 0.5) is 0 Å². The Kier molecular flexibility index (Phi) is 14.9. The molecule has 0 bridgehead atoms. The fraction of sp³-hybridized carbons (Fsp3) is 0.633. The van der Waals surface area contributed by atoms with E-state index in [1.165, 1.54) is 114 Å². The van der Waals surface area contributed by atoms with Crippen molar-refractivity contribution in [2.75, 3.05) is 0 Å². The van der Waals surface area contributed by atoms with Gasteiger partial charge in [-0.25, -0.2) is 4.57 Å². The molecule has 0 aliphatic carbocycles. The van der Waals surface area contributed by atoms with Crippen LogP contribution in [-0.2, 0) is 19.4 Å². The molecule has 0 saturated heterocycles. The predicted molar refractivity (Wildman–Crippen MR) is 135 cm³/mol. The summed E-state index contributed by atoms with van der Waals surface area (Å²) in [6, 6.07) is 15.5. The summed E-state index contributed by atoms with van der Waals surface area (Å²) in [5.41, 5.74) is 2.94. The SMILES string of the molecule is CCCCCCCCCCCCCCCCc1cc[n+](CCCc2ccccc2)cc1. The molecule has 0 amide bonds. The van der Waals surface area contributed by atoms with Crippen LogP contribution in [0.2, 0.25) is 0 Å². The molecule has 0 saturated carbocycles. The first-order valence-corrected chi connectivity index (χ1v) is 13.4. The molecule has 1 heterocycles. The normalized spacial score (nSPS) is 11.1. The van der Waals surface area contributed by atoms with Crippen LogP contribution >= 0.6 is 0 Å². The highest BCUT2D eigenvalue weighted by Crippen LogP contribution is 2.13. The summed E-state index contributed by atoms with van der Waals surface area (Å²) in [6.07, 6.45) is 28.2. The quantitative estimate of drug-likeness (QED) is 0.157. The largest absolute Gasteiger partial charge is 0.205 e. The predicted octanol–water partition coefficient (Wildman–Crippen LogP) is 8.63. The molecule has 172 valence electrons. The maximum absolute atomic E-state index is 2.33. The zero-order valence-electron chi connectivity index (χ0n) is 20.4. The maximum Gasteiger partial charge on any atom is 0.169 e. The van der Waals surface area contributed by atoms with E-state index in [0.29, 0.717) is 0 Å². The van der Waals surface area contributed by atoms with E-state index in [2.05, 4.69) is 66.3 Å². The van der Waals surface area contributed by atoms with Crippen molar-refractivity contribution in [2.24, 2.45) is 0 Å². The number of hydrogen-bond donors (Lipinski definition) is 0. The third-order valence-electron chi connectivity index (χ3n) is 6.50. The van der Waals surface area contributed by atoms with E-state index in [0.717, 1.165) is 13.0 Å². The van der Waals surface area contributed by atoms with E-state index in [1.807, 2.05) is 0 Å². The zero-order chi connectivity index (χ0) is 21.8. The molecule has 0 aliphatic rings. The van der Waals surface area contributed by atoms with Crippen molar-refractivity contribution in [3.05, 3.63) is 66.0 Å². The second-order valence-electron chi connectivity index (χ2n) is 9.38. The number of aryl methyl sites for hydroxylation is 3. The summed E-state index contributed by atoms with van der Waals surface area (Å²) in [5, 5.41) is 0. The Morgan fingerprint density at radius 2 is 0.935 bits per heavy atom. The lowest BCUT2D eigenvalue weighted by atomic mass is 10.0. The van der Waals surface area contributed by atoms with Gasteiger partial charge in [-0.05, 0) is 30.4 Å². The van der Waals surface area contributed by atoms with Crippen LogP contribution in [0.3, 0.4) is 0 Å². The molecule has 0 N–H and O–H groups in total. The van der Waals surface area contributed by atoms with E-state index in [1.54, 1.807) is 0 Å². The van der Waals surface area contributed by atoms with Gasteiger partial charge in [-0.2, -0.15) is 0 Å². The van der Waals surface area contributed by atoms with Crippen LogP contribution in [0.5, 0.6) is 0 Å². The van der Waals surface area contributed by atoms with Crippen molar-refractivity contribution >= 4 is 0 Å². The first-order valence-electron chi connectivity index (χ1n) is 13.4. The molecule has 1 aromatic carbocycles. The highest BCUT2D eigenvalue weighted by Gasteiger charge is 2.02. The van der Waals surface area contributed by atoms with Crippen LogP contribution < -0.4 is 4.57 Å². The van der Waals surface area contributed by atoms with E-state index in [4.69, 9.17) is 0 Å². The number of rotatable bonds is 19. The number of pyridine rings is 1. The minimum atomic E-state index is 1.11. The highest BCUT2D eigenvalue weighted by molar-refractivity contribution is 5.14. The molecule has 2 aromatic rings. The van der Waals surface area contributed by atoms with Gasteiger partial charge in [0.2, 0.25) is 0 Å².